The molecule has 0 aliphatic carbocycles. The van der Waals surface area contributed by atoms with Gasteiger partial charge >= 0.3 is 0 Å². The molecule has 0 amide bonds. The molecule has 0 saturated heterocycles. The number of fused-ring (bicyclic) bond motifs is 1. The lowest BCUT2D eigenvalue weighted by molar-refractivity contribution is 0.592. The van der Waals surface area contributed by atoms with Crippen LogP contribution in [0.15, 0.2) is 77.8 Å². The number of hydrogen-bond donors (Lipinski definition) is 1. The lowest BCUT2D eigenvalue weighted by Gasteiger charge is -2.13. The molecule has 0 atom stereocenters. The molecular weight excluding hydrogens is 442 g/mol. The molecule has 4 rings (SSSR count). The summed E-state index contributed by atoms with van der Waals surface area (Å²) in [6.45, 7) is 4.74. The number of halogens is 1. The molecule has 1 N–H and O–H groups in total. The first-order chi connectivity index (χ1) is 15.3. The van der Waals surface area contributed by atoms with Gasteiger partial charge in [0.2, 0.25) is 9.84 Å². The van der Waals surface area contributed by atoms with Crippen LogP contribution in [0.1, 0.15) is 36.5 Å². The van der Waals surface area contributed by atoms with E-state index in [9.17, 15) is 8.42 Å². The van der Waals surface area contributed by atoms with Crippen molar-refractivity contribution in [2.45, 2.75) is 37.1 Å². The SMILES string of the molecule is CC(C)c1ccc(CNc2nc3ccccc3nc2S(=O)(=O)Cc2ccc(Cl)cc2)cc1. The predicted octanol–water partition coefficient (Wildman–Crippen LogP) is 5.99. The highest BCUT2D eigenvalue weighted by Gasteiger charge is 2.23. The van der Waals surface area contributed by atoms with E-state index in [2.05, 4.69) is 41.3 Å². The van der Waals surface area contributed by atoms with Crippen LogP contribution in [0.25, 0.3) is 11.0 Å². The smallest absolute Gasteiger partial charge is 0.203 e. The van der Waals surface area contributed by atoms with E-state index < -0.39 is 9.84 Å². The van der Waals surface area contributed by atoms with Crippen molar-refractivity contribution in [2.24, 2.45) is 0 Å². The van der Waals surface area contributed by atoms with Crippen molar-refractivity contribution < 1.29 is 8.42 Å². The lowest BCUT2D eigenvalue weighted by Crippen LogP contribution is -2.13. The molecule has 0 aliphatic rings. The summed E-state index contributed by atoms with van der Waals surface area (Å²) in [6.07, 6.45) is 0. The zero-order chi connectivity index (χ0) is 22.7. The Morgan fingerprint density at radius 2 is 1.44 bits per heavy atom. The van der Waals surface area contributed by atoms with Crippen molar-refractivity contribution in [1.82, 2.24) is 9.97 Å². The van der Waals surface area contributed by atoms with E-state index >= 15 is 0 Å². The van der Waals surface area contributed by atoms with Gasteiger partial charge in [0.25, 0.3) is 0 Å². The van der Waals surface area contributed by atoms with E-state index in [1.54, 1.807) is 30.3 Å². The summed E-state index contributed by atoms with van der Waals surface area (Å²) in [6, 6.07) is 22.3. The highest BCUT2D eigenvalue weighted by Crippen LogP contribution is 2.26. The molecule has 1 heterocycles. The maximum Gasteiger partial charge on any atom is 0.203 e. The summed E-state index contributed by atoms with van der Waals surface area (Å²) in [7, 11) is -3.75. The number of nitrogens with one attached hydrogen (secondary N) is 1. The summed E-state index contributed by atoms with van der Waals surface area (Å²) in [4.78, 5) is 9.06. The van der Waals surface area contributed by atoms with Gasteiger partial charge in [-0.15, -0.1) is 0 Å². The van der Waals surface area contributed by atoms with Crippen molar-refractivity contribution in [1.29, 1.82) is 0 Å². The second-order valence-corrected chi connectivity index (χ2v) is 10.3. The zero-order valence-electron chi connectivity index (χ0n) is 17.9. The largest absolute Gasteiger partial charge is 0.364 e. The van der Waals surface area contributed by atoms with Crippen LogP contribution in [0.5, 0.6) is 0 Å². The highest BCUT2D eigenvalue weighted by molar-refractivity contribution is 7.90. The van der Waals surface area contributed by atoms with Crippen LogP contribution >= 0.6 is 11.6 Å². The minimum atomic E-state index is -3.75. The third-order valence-electron chi connectivity index (χ3n) is 5.21. The van der Waals surface area contributed by atoms with E-state index in [-0.39, 0.29) is 16.6 Å². The van der Waals surface area contributed by atoms with Crippen molar-refractivity contribution in [3.63, 3.8) is 0 Å². The number of benzene rings is 3. The first kappa shape index (κ1) is 22.2. The third-order valence-corrected chi connectivity index (χ3v) is 7.05. The maximum atomic E-state index is 13.3. The van der Waals surface area contributed by atoms with Gasteiger partial charge in [0.15, 0.2) is 10.8 Å². The number of rotatable bonds is 7. The van der Waals surface area contributed by atoms with Crippen LogP contribution in [0, 0.1) is 0 Å². The fourth-order valence-corrected chi connectivity index (χ4v) is 4.93. The van der Waals surface area contributed by atoms with Gasteiger partial charge in [-0.3, -0.25) is 0 Å². The number of aromatic nitrogens is 2. The quantitative estimate of drug-likeness (QED) is 0.362. The van der Waals surface area contributed by atoms with Crippen LogP contribution in [0.3, 0.4) is 0 Å². The number of nitrogens with zero attached hydrogens (tertiary/aromatic N) is 2. The molecule has 1 aromatic heterocycles. The van der Waals surface area contributed by atoms with Gasteiger partial charge in [0, 0.05) is 11.6 Å². The molecule has 0 aliphatic heterocycles. The molecule has 0 spiro atoms. The maximum absolute atomic E-state index is 13.3. The molecule has 0 saturated carbocycles. The monoisotopic (exact) mass is 465 g/mol. The van der Waals surface area contributed by atoms with Gasteiger partial charge in [0.05, 0.1) is 16.8 Å². The Morgan fingerprint density at radius 1 is 0.844 bits per heavy atom. The van der Waals surface area contributed by atoms with E-state index in [4.69, 9.17) is 11.6 Å². The number of hydrogen-bond acceptors (Lipinski definition) is 5. The van der Waals surface area contributed by atoms with Crippen molar-refractivity contribution >= 4 is 38.3 Å². The van der Waals surface area contributed by atoms with Crippen molar-refractivity contribution in [3.05, 3.63) is 94.5 Å². The van der Waals surface area contributed by atoms with Crippen LogP contribution in [-0.4, -0.2) is 18.4 Å². The van der Waals surface area contributed by atoms with Gasteiger partial charge < -0.3 is 5.32 Å². The van der Waals surface area contributed by atoms with Crippen molar-refractivity contribution in [2.75, 3.05) is 5.32 Å². The molecule has 4 aromatic rings. The molecule has 164 valence electrons. The number of anilines is 1. The molecule has 0 unspecified atom stereocenters. The summed E-state index contributed by atoms with van der Waals surface area (Å²) in [5.41, 5.74) is 4.10. The Morgan fingerprint density at radius 3 is 2.06 bits per heavy atom. The van der Waals surface area contributed by atoms with Gasteiger partial charge in [-0.05, 0) is 46.9 Å². The Balaban J connectivity index is 1.67. The Hall–Kier alpha value is -2.96. The molecular formula is C25H24ClN3O2S. The lowest BCUT2D eigenvalue weighted by atomic mass is 10.0. The van der Waals surface area contributed by atoms with Gasteiger partial charge in [-0.1, -0.05) is 74.0 Å². The predicted molar refractivity (Wildman–Crippen MR) is 130 cm³/mol. The molecule has 7 heteroatoms. The normalized spacial score (nSPS) is 11.8. The second kappa shape index (κ2) is 9.27. The van der Waals surface area contributed by atoms with Crippen LogP contribution in [0.2, 0.25) is 5.02 Å². The Bertz CT molecular complexity index is 1340. The molecule has 32 heavy (non-hydrogen) atoms. The van der Waals surface area contributed by atoms with Gasteiger partial charge in [0.1, 0.15) is 0 Å². The molecule has 0 radical (unpaired) electrons. The minimum Gasteiger partial charge on any atom is -0.364 e. The minimum absolute atomic E-state index is 0.0510. The fraction of sp³-hybridized carbons (Fsp3) is 0.200. The van der Waals surface area contributed by atoms with Crippen LogP contribution < -0.4 is 5.32 Å². The molecule has 3 aromatic carbocycles. The van der Waals surface area contributed by atoms with Gasteiger partial charge in [-0.25, -0.2) is 18.4 Å². The van der Waals surface area contributed by atoms with E-state index in [1.807, 2.05) is 30.3 Å². The van der Waals surface area contributed by atoms with E-state index in [0.29, 0.717) is 34.1 Å². The number of sulfone groups is 1. The fourth-order valence-electron chi connectivity index (χ4n) is 3.39. The van der Waals surface area contributed by atoms with E-state index in [1.165, 1.54) is 5.56 Å². The number of para-hydroxylation sites is 2. The first-order valence-electron chi connectivity index (χ1n) is 10.4. The van der Waals surface area contributed by atoms with Crippen molar-refractivity contribution in [3.8, 4) is 0 Å². The summed E-state index contributed by atoms with van der Waals surface area (Å²) >= 11 is 5.94. The van der Waals surface area contributed by atoms with E-state index in [0.717, 1.165) is 5.56 Å². The summed E-state index contributed by atoms with van der Waals surface area (Å²) < 4.78 is 26.6. The van der Waals surface area contributed by atoms with Gasteiger partial charge in [-0.2, -0.15) is 0 Å². The highest BCUT2D eigenvalue weighted by atomic mass is 35.5. The zero-order valence-corrected chi connectivity index (χ0v) is 19.5. The summed E-state index contributed by atoms with van der Waals surface area (Å²) in [5.74, 6) is 0.521. The second-order valence-electron chi connectivity index (χ2n) is 8.00. The first-order valence-corrected chi connectivity index (χ1v) is 12.4. The molecule has 0 fully saturated rings. The molecule has 0 bridgehead atoms. The topological polar surface area (TPSA) is 72.0 Å². The Kier molecular flexibility index (Phi) is 6.44. The third kappa shape index (κ3) is 5.09. The average Bonchev–Trinajstić information content (AvgIpc) is 2.78. The summed E-state index contributed by atoms with van der Waals surface area (Å²) in [5, 5.41) is 3.70. The Labute approximate surface area is 193 Å². The van der Waals surface area contributed by atoms with Crippen LogP contribution in [0.4, 0.5) is 5.82 Å². The standard InChI is InChI=1S/C25H24ClN3O2S/c1-17(2)20-11-7-18(8-12-20)15-27-24-25(29-23-6-4-3-5-22(23)28-24)32(30,31)16-19-9-13-21(26)14-10-19/h3-14,17H,15-16H2,1-2H3,(H,27,28). The molecule has 5 nitrogen and oxygen atoms in total. The average molecular weight is 466 g/mol. The van der Waals surface area contributed by atoms with Crippen LogP contribution in [-0.2, 0) is 22.1 Å².